The lowest BCUT2D eigenvalue weighted by atomic mass is 10.2. The van der Waals surface area contributed by atoms with Crippen molar-refractivity contribution in [1.82, 2.24) is 4.98 Å². The second kappa shape index (κ2) is 5.49. The van der Waals surface area contributed by atoms with E-state index in [9.17, 15) is 4.39 Å². The summed E-state index contributed by atoms with van der Waals surface area (Å²) < 4.78 is 13.5. The summed E-state index contributed by atoms with van der Waals surface area (Å²) in [5, 5.41) is 8.70. The molecular formula is C15H14FN3. The van der Waals surface area contributed by atoms with E-state index in [1.165, 1.54) is 12.1 Å². The maximum atomic E-state index is 13.5. The van der Waals surface area contributed by atoms with E-state index >= 15 is 0 Å². The van der Waals surface area contributed by atoms with Crippen LogP contribution >= 0.6 is 0 Å². The average molecular weight is 255 g/mol. The summed E-state index contributed by atoms with van der Waals surface area (Å²) in [6.07, 6.45) is 0. The molecule has 0 aliphatic rings. The molecule has 0 spiro atoms. The van der Waals surface area contributed by atoms with Gasteiger partial charge in [-0.15, -0.1) is 0 Å². The first-order chi connectivity index (χ1) is 9.10. The van der Waals surface area contributed by atoms with Crippen LogP contribution in [0.2, 0.25) is 0 Å². The predicted octanol–water partition coefficient (Wildman–Crippen LogP) is 3.04. The summed E-state index contributed by atoms with van der Waals surface area (Å²) >= 11 is 0. The van der Waals surface area contributed by atoms with E-state index in [1.54, 1.807) is 6.07 Å². The van der Waals surface area contributed by atoms with Gasteiger partial charge in [0.05, 0.1) is 17.8 Å². The Morgan fingerprint density at radius 3 is 2.74 bits per heavy atom. The third kappa shape index (κ3) is 3.08. The van der Waals surface area contributed by atoms with Gasteiger partial charge in [0, 0.05) is 18.4 Å². The molecule has 0 unspecified atom stereocenters. The highest BCUT2D eigenvalue weighted by Gasteiger charge is 2.07. The molecule has 2 rings (SSSR count). The highest BCUT2D eigenvalue weighted by atomic mass is 19.1. The fraction of sp³-hybridized carbons (Fsp3) is 0.200. The van der Waals surface area contributed by atoms with Gasteiger partial charge in [0.15, 0.2) is 0 Å². The zero-order valence-electron chi connectivity index (χ0n) is 10.9. The maximum absolute atomic E-state index is 13.5. The summed E-state index contributed by atoms with van der Waals surface area (Å²) in [5.74, 6) is -0.496. The molecule has 0 radical (unpaired) electrons. The van der Waals surface area contributed by atoms with Crippen LogP contribution in [0, 0.1) is 24.1 Å². The van der Waals surface area contributed by atoms with E-state index in [1.807, 2.05) is 43.1 Å². The topological polar surface area (TPSA) is 39.9 Å². The van der Waals surface area contributed by atoms with Gasteiger partial charge >= 0.3 is 0 Å². The van der Waals surface area contributed by atoms with Crippen LogP contribution in [0.5, 0.6) is 0 Å². The molecule has 96 valence electrons. The van der Waals surface area contributed by atoms with Gasteiger partial charge < -0.3 is 4.90 Å². The Morgan fingerprint density at radius 1 is 1.32 bits per heavy atom. The van der Waals surface area contributed by atoms with Crippen LogP contribution in [0.1, 0.15) is 17.0 Å². The van der Waals surface area contributed by atoms with Gasteiger partial charge in [-0.3, -0.25) is 4.98 Å². The molecule has 0 saturated heterocycles. The second-order valence-electron chi connectivity index (χ2n) is 4.40. The van der Waals surface area contributed by atoms with Crippen LogP contribution in [-0.2, 0) is 6.54 Å². The molecule has 0 atom stereocenters. The Labute approximate surface area is 111 Å². The molecule has 2 aromatic rings. The number of nitrogens with zero attached hydrogens (tertiary/aromatic N) is 3. The van der Waals surface area contributed by atoms with Crippen molar-refractivity contribution in [2.45, 2.75) is 13.5 Å². The summed E-state index contributed by atoms with van der Waals surface area (Å²) in [7, 11) is 1.87. The summed E-state index contributed by atoms with van der Waals surface area (Å²) in [5.41, 5.74) is 2.66. The number of rotatable bonds is 3. The van der Waals surface area contributed by atoms with Crippen LogP contribution in [-0.4, -0.2) is 12.0 Å². The standard InChI is InChI=1S/C15H14FN3/c1-11-4-3-5-13(18-11)10-19(2)14-7-6-12(9-17)15(16)8-14/h3-8H,10H2,1-2H3. The van der Waals surface area contributed by atoms with Crippen LogP contribution in [0.15, 0.2) is 36.4 Å². The maximum Gasteiger partial charge on any atom is 0.143 e. The minimum absolute atomic E-state index is 0.0610. The van der Waals surface area contributed by atoms with Crippen molar-refractivity contribution in [3.63, 3.8) is 0 Å². The lowest BCUT2D eigenvalue weighted by Gasteiger charge is -2.19. The van der Waals surface area contributed by atoms with E-state index in [0.29, 0.717) is 6.54 Å². The SMILES string of the molecule is Cc1cccc(CN(C)c2ccc(C#N)c(F)c2)n1. The Bertz CT molecular complexity index is 632. The fourth-order valence-corrected chi connectivity index (χ4v) is 1.85. The fourth-order valence-electron chi connectivity index (χ4n) is 1.85. The van der Waals surface area contributed by atoms with Crippen molar-refractivity contribution in [2.75, 3.05) is 11.9 Å². The number of pyridine rings is 1. The van der Waals surface area contributed by atoms with Crippen molar-refractivity contribution in [3.05, 3.63) is 59.2 Å². The highest BCUT2D eigenvalue weighted by Crippen LogP contribution is 2.18. The molecule has 0 fully saturated rings. The van der Waals surface area contributed by atoms with E-state index in [-0.39, 0.29) is 5.56 Å². The Kier molecular flexibility index (Phi) is 3.76. The van der Waals surface area contributed by atoms with Gasteiger partial charge in [0.25, 0.3) is 0 Å². The molecular weight excluding hydrogens is 241 g/mol. The number of aromatic nitrogens is 1. The lowest BCUT2D eigenvalue weighted by Crippen LogP contribution is -2.17. The monoisotopic (exact) mass is 255 g/mol. The molecule has 0 aliphatic heterocycles. The zero-order chi connectivity index (χ0) is 13.8. The number of aryl methyl sites for hydroxylation is 1. The Hall–Kier alpha value is -2.41. The normalized spacial score (nSPS) is 10.0. The zero-order valence-corrected chi connectivity index (χ0v) is 10.9. The summed E-state index contributed by atoms with van der Waals surface area (Å²) in [6.45, 7) is 2.53. The van der Waals surface area contributed by atoms with Gasteiger partial charge in [-0.25, -0.2) is 4.39 Å². The van der Waals surface area contributed by atoms with Crippen molar-refractivity contribution >= 4 is 5.69 Å². The lowest BCUT2D eigenvalue weighted by molar-refractivity contribution is 0.623. The third-order valence-corrected chi connectivity index (χ3v) is 2.86. The summed E-state index contributed by atoms with van der Waals surface area (Å²) in [4.78, 5) is 6.30. The number of nitriles is 1. The molecule has 0 amide bonds. The first-order valence-electron chi connectivity index (χ1n) is 5.93. The molecule has 0 saturated carbocycles. The van der Waals surface area contributed by atoms with Gasteiger partial charge in [-0.05, 0) is 37.3 Å². The average Bonchev–Trinajstić information content (AvgIpc) is 2.38. The smallest absolute Gasteiger partial charge is 0.143 e. The van der Waals surface area contributed by atoms with Gasteiger partial charge in [-0.2, -0.15) is 5.26 Å². The van der Waals surface area contributed by atoms with Gasteiger partial charge in [0.2, 0.25) is 0 Å². The minimum Gasteiger partial charge on any atom is -0.369 e. The van der Waals surface area contributed by atoms with Gasteiger partial charge in [-0.1, -0.05) is 6.07 Å². The molecule has 1 aromatic heterocycles. The van der Waals surface area contributed by atoms with Crippen molar-refractivity contribution in [1.29, 1.82) is 5.26 Å². The number of anilines is 1. The molecule has 0 aliphatic carbocycles. The first-order valence-corrected chi connectivity index (χ1v) is 5.93. The van der Waals surface area contributed by atoms with Crippen molar-refractivity contribution < 1.29 is 4.39 Å². The first kappa shape index (κ1) is 13.0. The van der Waals surface area contributed by atoms with Gasteiger partial charge in [0.1, 0.15) is 11.9 Å². The van der Waals surface area contributed by atoms with E-state index in [2.05, 4.69) is 4.98 Å². The molecule has 19 heavy (non-hydrogen) atoms. The molecule has 4 heteroatoms. The molecule has 1 aromatic carbocycles. The molecule has 0 bridgehead atoms. The largest absolute Gasteiger partial charge is 0.369 e. The molecule has 0 N–H and O–H groups in total. The molecule has 3 nitrogen and oxygen atoms in total. The third-order valence-electron chi connectivity index (χ3n) is 2.86. The predicted molar refractivity (Wildman–Crippen MR) is 72.2 cm³/mol. The van der Waals surface area contributed by atoms with Crippen LogP contribution in [0.3, 0.4) is 0 Å². The minimum atomic E-state index is -0.496. The number of halogens is 1. The second-order valence-corrected chi connectivity index (χ2v) is 4.40. The van der Waals surface area contributed by atoms with E-state index < -0.39 is 5.82 Å². The Morgan fingerprint density at radius 2 is 2.11 bits per heavy atom. The number of hydrogen-bond donors (Lipinski definition) is 0. The van der Waals surface area contributed by atoms with E-state index in [0.717, 1.165) is 17.1 Å². The number of benzene rings is 1. The van der Waals surface area contributed by atoms with Crippen molar-refractivity contribution in [2.24, 2.45) is 0 Å². The quantitative estimate of drug-likeness (QED) is 0.846. The van der Waals surface area contributed by atoms with Crippen LogP contribution in [0.25, 0.3) is 0 Å². The molecule has 1 heterocycles. The van der Waals surface area contributed by atoms with Crippen molar-refractivity contribution in [3.8, 4) is 6.07 Å². The summed E-state index contributed by atoms with van der Waals surface area (Å²) in [6, 6.07) is 12.2. The highest BCUT2D eigenvalue weighted by molar-refractivity contribution is 5.50. The van der Waals surface area contributed by atoms with Crippen LogP contribution in [0.4, 0.5) is 10.1 Å². The van der Waals surface area contributed by atoms with E-state index in [4.69, 9.17) is 5.26 Å². The number of hydrogen-bond acceptors (Lipinski definition) is 3. The van der Waals surface area contributed by atoms with Crippen LogP contribution < -0.4 is 4.90 Å². The Balaban J connectivity index is 2.18.